The highest BCUT2D eigenvalue weighted by molar-refractivity contribution is 9.10. The minimum Gasteiger partial charge on any atom is -0.251 e. The summed E-state index contributed by atoms with van der Waals surface area (Å²) in [6.45, 7) is 6.04. The monoisotopic (exact) mass is 309 g/mol. The first-order valence-corrected chi connectivity index (χ1v) is 7.61. The second-order valence-electron chi connectivity index (χ2n) is 4.33. The van der Waals surface area contributed by atoms with Crippen LogP contribution in [0.1, 0.15) is 38.0 Å². The van der Waals surface area contributed by atoms with Crippen LogP contribution in [0.5, 0.6) is 0 Å². The van der Waals surface area contributed by atoms with Gasteiger partial charge in [0.1, 0.15) is 0 Å². The molecule has 0 aliphatic carbocycles. The van der Waals surface area contributed by atoms with Crippen molar-refractivity contribution in [1.29, 1.82) is 0 Å². The highest BCUT2D eigenvalue weighted by Crippen LogP contribution is 2.33. The Balaban J connectivity index is 2.71. The molecule has 2 N–H and O–H groups in total. The van der Waals surface area contributed by atoms with Gasteiger partial charge in [0.25, 0.3) is 0 Å². The third-order valence-electron chi connectivity index (χ3n) is 2.42. The van der Waals surface area contributed by atoms with Crippen LogP contribution < -0.4 is 5.14 Å². The Bertz CT molecular complexity index is 362. The van der Waals surface area contributed by atoms with E-state index in [4.69, 9.17) is 5.14 Å². The van der Waals surface area contributed by atoms with E-state index in [1.807, 2.05) is 13.8 Å². The molecule has 15 heavy (non-hydrogen) atoms. The lowest BCUT2D eigenvalue weighted by molar-refractivity contribution is 0.545. The zero-order chi connectivity index (χ0) is 11.6. The van der Waals surface area contributed by atoms with Crippen molar-refractivity contribution in [3.8, 4) is 0 Å². The fourth-order valence-corrected chi connectivity index (χ4v) is 3.43. The zero-order valence-corrected chi connectivity index (χ0v) is 12.3. The van der Waals surface area contributed by atoms with Crippen LogP contribution >= 0.6 is 27.3 Å². The normalized spacial score (nSPS) is 16.3. The SMILES string of the molecule is C[C@H](CC(C)(C)S(N)=O)c1cc(Br)cs1. The van der Waals surface area contributed by atoms with E-state index in [0.29, 0.717) is 5.92 Å². The summed E-state index contributed by atoms with van der Waals surface area (Å²) in [7, 11) is -1.27. The molecule has 0 fully saturated rings. The highest BCUT2D eigenvalue weighted by atomic mass is 79.9. The number of thiophene rings is 1. The van der Waals surface area contributed by atoms with Gasteiger partial charge in [-0.25, -0.2) is 4.21 Å². The molecule has 0 saturated carbocycles. The maximum Gasteiger partial charge on any atom is 0.0945 e. The van der Waals surface area contributed by atoms with Gasteiger partial charge in [0.2, 0.25) is 0 Å². The zero-order valence-electron chi connectivity index (χ0n) is 9.12. The Morgan fingerprint density at radius 2 is 2.27 bits per heavy atom. The molecule has 2 atom stereocenters. The summed E-state index contributed by atoms with van der Waals surface area (Å²) in [5.41, 5.74) is 0. The van der Waals surface area contributed by atoms with E-state index in [9.17, 15) is 4.21 Å². The fraction of sp³-hybridized carbons (Fsp3) is 0.600. The molecule has 5 heteroatoms. The van der Waals surface area contributed by atoms with Crippen molar-refractivity contribution in [3.63, 3.8) is 0 Å². The van der Waals surface area contributed by atoms with Gasteiger partial charge in [-0.15, -0.1) is 11.3 Å². The molecule has 0 bridgehead atoms. The summed E-state index contributed by atoms with van der Waals surface area (Å²) < 4.78 is 12.1. The smallest absolute Gasteiger partial charge is 0.0945 e. The van der Waals surface area contributed by atoms with Crippen molar-refractivity contribution in [3.05, 3.63) is 20.8 Å². The number of nitrogens with two attached hydrogens (primary N) is 1. The highest BCUT2D eigenvalue weighted by Gasteiger charge is 2.27. The van der Waals surface area contributed by atoms with Crippen molar-refractivity contribution in [1.82, 2.24) is 0 Å². The second-order valence-corrected chi connectivity index (χ2v) is 7.89. The molecular formula is C10H16BrNOS2. The Labute approximate surface area is 106 Å². The first kappa shape index (κ1) is 13.4. The summed E-state index contributed by atoms with van der Waals surface area (Å²) >= 11 is 5.16. The number of rotatable bonds is 4. The van der Waals surface area contributed by atoms with E-state index in [1.165, 1.54) is 4.88 Å². The molecule has 0 amide bonds. The lowest BCUT2D eigenvalue weighted by Gasteiger charge is -2.24. The molecule has 0 spiro atoms. The van der Waals surface area contributed by atoms with Crippen molar-refractivity contribution in [2.75, 3.05) is 0 Å². The van der Waals surface area contributed by atoms with E-state index in [1.54, 1.807) is 11.3 Å². The Morgan fingerprint density at radius 1 is 1.67 bits per heavy atom. The van der Waals surface area contributed by atoms with Crippen molar-refractivity contribution in [2.24, 2.45) is 5.14 Å². The lowest BCUT2D eigenvalue weighted by Crippen LogP contribution is -2.33. The van der Waals surface area contributed by atoms with Gasteiger partial charge in [-0.05, 0) is 48.2 Å². The Morgan fingerprint density at radius 3 is 2.67 bits per heavy atom. The van der Waals surface area contributed by atoms with Crippen LogP contribution in [0.15, 0.2) is 15.9 Å². The largest absolute Gasteiger partial charge is 0.251 e. The molecule has 2 nitrogen and oxygen atoms in total. The van der Waals surface area contributed by atoms with Crippen LogP contribution in [0.4, 0.5) is 0 Å². The van der Waals surface area contributed by atoms with Crippen molar-refractivity contribution in [2.45, 2.75) is 37.9 Å². The van der Waals surface area contributed by atoms with E-state index < -0.39 is 11.0 Å². The third kappa shape index (κ3) is 3.66. The number of hydrogen-bond acceptors (Lipinski definition) is 2. The second kappa shape index (κ2) is 5.08. The quantitative estimate of drug-likeness (QED) is 0.910. The van der Waals surface area contributed by atoms with E-state index in [-0.39, 0.29) is 4.75 Å². The van der Waals surface area contributed by atoms with Gasteiger partial charge in [-0.3, -0.25) is 5.14 Å². The van der Waals surface area contributed by atoms with Crippen LogP contribution in [-0.2, 0) is 11.0 Å². The summed E-state index contributed by atoms with van der Waals surface area (Å²) in [5.74, 6) is 0.392. The minimum atomic E-state index is -1.27. The van der Waals surface area contributed by atoms with Crippen LogP contribution in [0, 0.1) is 0 Å². The lowest BCUT2D eigenvalue weighted by atomic mass is 9.97. The molecule has 0 aliphatic rings. The molecule has 0 radical (unpaired) electrons. The van der Waals surface area contributed by atoms with Gasteiger partial charge in [0, 0.05) is 14.7 Å². The maximum absolute atomic E-state index is 11.3. The Kier molecular flexibility index (Phi) is 4.52. The molecule has 1 rings (SSSR count). The molecule has 0 saturated heterocycles. The first-order chi connectivity index (χ1) is 6.83. The van der Waals surface area contributed by atoms with Gasteiger partial charge in [-0.1, -0.05) is 6.92 Å². The summed E-state index contributed by atoms with van der Waals surface area (Å²) in [5, 5.41) is 7.54. The fourth-order valence-electron chi connectivity index (χ4n) is 1.51. The molecule has 1 aromatic rings. The predicted molar refractivity (Wildman–Crippen MR) is 71.5 cm³/mol. The first-order valence-electron chi connectivity index (χ1n) is 4.73. The van der Waals surface area contributed by atoms with Gasteiger partial charge < -0.3 is 0 Å². The van der Waals surface area contributed by atoms with Crippen LogP contribution in [0.2, 0.25) is 0 Å². The Hall–Kier alpha value is 0.290. The predicted octanol–water partition coefficient (Wildman–Crippen LogP) is 3.41. The molecule has 1 aromatic heterocycles. The molecular weight excluding hydrogens is 294 g/mol. The third-order valence-corrected chi connectivity index (χ3v) is 5.60. The van der Waals surface area contributed by atoms with Gasteiger partial charge in [0.15, 0.2) is 0 Å². The number of halogens is 1. The van der Waals surface area contributed by atoms with Gasteiger partial charge in [-0.2, -0.15) is 0 Å². The van der Waals surface area contributed by atoms with Crippen molar-refractivity contribution < 1.29 is 4.21 Å². The van der Waals surface area contributed by atoms with E-state index in [2.05, 4.69) is 34.3 Å². The molecule has 1 unspecified atom stereocenters. The maximum atomic E-state index is 11.3. The molecule has 86 valence electrons. The van der Waals surface area contributed by atoms with Gasteiger partial charge >= 0.3 is 0 Å². The van der Waals surface area contributed by atoms with Gasteiger partial charge in [0.05, 0.1) is 15.7 Å². The standard InChI is InChI=1S/C10H16BrNOS2/c1-7(5-10(2,3)15(12)13)9-4-8(11)6-14-9/h4,6-7H,5,12H2,1-3H3/t7-,15?/m1/s1. The average molecular weight is 310 g/mol. The van der Waals surface area contributed by atoms with Crippen molar-refractivity contribution >= 4 is 38.3 Å². The van der Waals surface area contributed by atoms with E-state index in [0.717, 1.165) is 10.9 Å². The summed E-state index contributed by atoms with van der Waals surface area (Å²) in [6, 6.07) is 2.12. The molecule has 1 heterocycles. The van der Waals surface area contributed by atoms with Crippen LogP contribution in [0.3, 0.4) is 0 Å². The summed E-state index contributed by atoms with van der Waals surface area (Å²) in [6.07, 6.45) is 0.836. The van der Waals surface area contributed by atoms with Crippen LogP contribution in [-0.4, -0.2) is 8.96 Å². The summed E-state index contributed by atoms with van der Waals surface area (Å²) in [4.78, 5) is 1.31. The topological polar surface area (TPSA) is 43.1 Å². The van der Waals surface area contributed by atoms with E-state index >= 15 is 0 Å². The average Bonchev–Trinajstić information content (AvgIpc) is 2.50. The number of hydrogen-bond donors (Lipinski definition) is 1. The minimum absolute atomic E-state index is 0.324. The van der Waals surface area contributed by atoms with Crippen LogP contribution in [0.25, 0.3) is 0 Å². The molecule has 0 aliphatic heterocycles. The molecule has 0 aromatic carbocycles.